The second kappa shape index (κ2) is 12.9. The van der Waals surface area contributed by atoms with E-state index in [-0.39, 0.29) is 42.6 Å². The van der Waals surface area contributed by atoms with E-state index >= 15 is 0 Å². The van der Waals surface area contributed by atoms with Crippen molar-refractivity contribution in [3.63, 3.8) is 0 Å². The molecule has 0 spiro atoms. The maximum atomic E-state index is 12.8. The summed E-state index contributed by atoms with van der Waals surface area (Å²) < 4.78 is 0. The molecule has 1 aromatic rings. The third kappa shape index (κ3) is 6.74. The van der Waals surface area contributed by atoms with Crippen molar-refractivity contribution >= 4 is 43.1 Å². The largest absolute Gasteiger partial charge is 0.340 e. The van der Waals surface area contributed by atoms with Crippen LogP contribution in [0.25, 0.3) is 0 Å². The van der Waals surface area contributed by atoms with Gasteiger partial charge in [0.1, 0.15) is 0 Å². The van der Waals surface area contributed by atoms with E-state index in [4.69, 9.17) is 5.73 Å². The van der Waals surface area contributed by atoms with Crippen LogP contribution in [0.1, 0.15) is 57.1 Å². The fourth-order valence-corrected chi connectivity index (χ4v) is 4.38. The second-order valence-corrected chi connectivity index (χ2v) is 7.82. The Morgan fingerprint density at radius 1 is 1.14 bits per heavy atom. The first-order valence-electron chi connectivity index (χ1n) is 9.75. The molecule has 1 amide bonds. The zero-order valence-corrected chi connectivity index (χ0v) is 19.2. The maximum absolute atomic E-state index is 12.8. The van der Waals surface area contributed by atoms with Crippen LogP contribution in [0.2, 0.25) is 0 Å². The molecule has 1 saturated carbocycles. The number of rotatable bonds is 5. The zero-order valence-electron chi connectivity index (χ0n) is 16.7. The van der Waals surface area contributed by atoms with Gasteiger partial charge in [-0.1, -0.05) is 25.3 Å². The van der Waals surface area contributed by atoms with Gasteiger partial charge in [0.25, 0.3) is 0 Å². The normalized spacial score (nSPS) is 20.1. The van der Waals surface area contributed by atoms with Gasteiger partial charge in [-0.15, -0.1) is 37.2 Å². The number of hydrogen-bond acceptors (Lipinski definition) is 4. The van der Waals surface area contributed by atoms with E-state index in [1.807, 2.05) is 18.5 Å². The Kier molecular flexibility index (Phi) is 12.6. The van der Waals surface area contributed by atoms with Crippen LogP contribution >= 0.6 is 37.2 Å². The molecule has 1 aromatic heterocycles. The number of nitrogens with zero attached hydrogens (tertiary/aromatic N) is 3. The summed E-state index contributed by atoms with van der Waals surface area (Å²) in [6.45, 7) is 6.37. The van der Waals surface area contributed by atoms with Crippen LogP contribution in [0.5, 0.6) is 0 Å². The lowest BCUT2D eigenvalue weighted by Gasteiger charge is -2.41. The van der Waals surface area contributed by atoms with E-state index in [2.05, 4.69) is 27.8 Å². The Morgan fingerprint density at radius 3 is 2.32 bits per heavy atom. The van der Waals surface area contributed by atoms with Gasteiger partial charge in [0, 0.05) is 51.0 Å². The van der Waals surface area contributed by atoms with E-state index < -0.39 is 0 Å². The van der Waals surface area contributed by atoms with Gasteiger partial charge < -0.3 is 10.6 Å². The predicted molar refractivity (Wildman–Crippen MR) is 122 cm³/mol. The van der Waals surface area contributed by atoms with E-state index in [0.717, 1.165) is 39.0 Å². The minimum Gasteiger partial charge on any atom is -0.340 e. The van der Waals surface area contributed by atoms with E-state index in [0.29, 0.717) is 24.9 Å². The minimum atomic E-state index is 0. The summed E-state index contributed by atoms with van der Waals surface area (Å²) in [5, 5.41) is 0. The molecular weight excluding hydrogens is 419 g/mol. The summed E-state index contributed by atoms with van der Waals surface area (Å²) in [5.41, 5.74) is 7.36. The van der Waals surface area contributed by atoms with Gasteiger partial charge in [0.05, 0.1) is 0 Å². The lowest BCUT2D eigenvalue weighted by molar-refractivity contribution is -0.136. The van der Waals surface area contributed by atoms with Gasteiger partial charge in [-0.05, 0) is 43.4 Å². The molecule has 8 heteroatoms. The Morgan fingerprint density at radius 2 is 1.79 bits per heavy atom. The van der Waals surface area contributed by atoms with Crippen LogP contribution in [-0.2, 0) is 4.79 Å². The van der Waals surface area contributed by atoms with Gasteiger partial charge in [-0.2, -0.15) is 0 Å². The molecule has 1 aliphatic heterocycles. The number of amides is 1. The highest BCUT2D eigenvalue weighted by Crippen LogP contribution is 2.39. The molecule has 28 heavy (non-hydrogen) atoms. The Balaban J connectivity index is 0.00000243. The lowest BCUT2D eigenvalue weighted by atomic mass is 9.71. The fraction of sp³-hybridized carbons (Fsp3) is 0.700. The second-order valence-electron chi connectivity index (χ2n) is 7.82. The Labute approximate surface area is 188 Å². The molecule has 1 saturated heterocycles. The number of carbonyl (C=O) groups excluding carboxylic acids is 1. The van der Waals surface area contributed by atoms with Crippen LogP contribution in [0.15, 0.2) is 24.5 Å². The Bertz CT molecular complexity index is 562. The SMILES string of the molecule is CC(c1cccnc1)N1CCN(C(=O)CC2(CN)CCCCC2)CC1.Cl.Cl.Cl. The highest BCUT2D eigenvalue weighted by Gasteiger charge is 2.35. The third-order valence-corrected chi connectivity index (χ3v) is 6.25. The number of nitrogens with two attached hydrogens (primary N) is 1. The highest BCUT2D eigenvalue weighted by atomic mass is 35.5. The average molecular weight is 454 g/mol. The number of carbonyl (C=O) groups is 1. The monoisotopic (exact) mass is 452 g/mol. The number of pyridine rings is 1. The minimum absolute atomic E-state index is 0. The number of aromatic nitrogens is 1. The lowest BCUT2D eigenvalue weighted by Crippen LogP contribution is -2.50. The van der Waals surface area contributed by atoms with Crippen LogP contribution in [-0.4, -0.2) is 53.4 Å². The van der Waals surface area contributed by atoms with E-state index in [1.54, 1.807) is 0 Å². The van der Waals surface area contributed by atoms with Crippen molar-refractivity contribution in [1.29, 1.82) is 0 Å². The molecule has 0 radical (unpaired) electrons. The molecule has 2 aliphatic rings. The molecule has 1 aliphatic carbocycles. The molecule has 2 heterocycles. The van der Waals surface area contributed by atoms with Crippen molar-refractivity contribution in [2.24, 2.45) is 11.1 Å². The van der Waals surface area contributed by atoms with Crippen molar-refractivity contribution < 1.29 is 4.79 Å². The number of piperazine rings is 1. The van der Waals surface area contributed by atoms with E-state index in [9.17, 15) is 4.79 Å². The Hall–Kier alpha value is -0.590. The summed E-state index contributed by atoms with van der Waals surface area (Å²) in [4.78, 5) is 21.5. The highest BCUT2D eigenvalue weighted by molar-refractivity contribution is 5.86. The topological polar surface area (TPSA) is 62.5 Å². The van der Waals surface area contributed by atoms with Gasteiger partial charge in [-0.3, -0.25) is 14.7 Å². The third-order valence-electron chi connectivity index (χ3n) is 6.25. The smallest absolute Gasteiger partial charge is 0.223 e. The van der Waals surface area contributed by atoms with Gasteiger partial charge in [-0.25, -0.2) is 0 Å². The molecule has 3 rings (SSSR count). The first-order valence-corrected chi connectivity index (χ1v) is 9.75. The van der Waals surface area contributed by atoms with Crippen molar-refractivity contribution in [3.05, 3.63) is 30.1 Å². The van der Waals surface area contributed by atoms with Gasteiger partial charge >= 0.3 is 0 Å². The molecule has 1 atom stereocenters. The van der Waals surface area contributed by atoms with Crippen LogP contribution in [0.4, 0.5) is 0 Å². The first kappa shape index (κ1) is 27.4. The van der Waals surface area contributed by atoms with E-state index in [1.165, 1.54) is 24.8 Å². The maximum Gasteiger partial charge on any atom is 0.223 e. The molecule has 2 fully saturated rings. The summed E-state index contributed by atoms with van der Waals surface area (Å²) in [6, 6.07) is 4.46. The molecular formula is C20H35Cl3N4O. The fourth-order valence-electron chi connectivity index (χ4n) is 4.38. The van der Waals surface area contributed by atoms with Crippen LogP contribution in [0.3, 0.4) is 0 Å². The predicted octanol–water partition coefficient (Wildman–Crippen LogP) is 3.85. The summed E-state index contributed by atoms with van der Waals surface area (Å²) >= 11 is 0. The van der Waals surface area contributed by atoms with Crippen molar-refractivity contribution in [2.75, 3.05) is 32.7 Å². The molecule has 0 bridgehead atoms. The summed E-state index contributed by atoms with van der Waals surface area (Å²) in [7, 11) is 0. The van der Waals surface area contributed by atoms with Crippen LogP contribution < -0.4 is 5.73 Å². The summed E-state index contributed by atoms with van der Waals surface area (Å²) in [5.74, 6) is 0.307. The first-order chi connectivity index (χ1) is 12.1. The molecule has 0 aromatic carbocycles. The standard InChI is InChI=1S/C20H32N4O.3ClH/c1-17(18-6-5-9-22-15-18)23-10-12-24(13-11-23)19(25)14-20(16-21)7-3-2-4-8-20;;;/h5-6,9,15,17H,2-4,7-8,10-14,16,21H2,1H3;3*1H. The van der Waals surface area contributed by atoms with Crippen molar-refractivity contribution in [2.45, 2.75) is 51.5 Å². The molecule has 2 N–H and O–H groups in total. The quantitative estimate of drug-likeness (QED) is 0.735. The molecule has 162 valence electrons. The molecule has 1 unspecified atom stereocenters. The van der Waals surface area contributed by atoms with Crippen molar-refractivity contribution in [3.8, 4) is 0 Å². The average Bonchev–Trinajstić information content (AvgIpc) is 2.69. The molecule has 5 nitrogen and oxygen atoms in total. The number of hydrogen-bond donors (Lipinski definition) is 1. The zero-order chi connectivity index (χ0) is 17.7. The summed E-state index contributed by atoms with van der Waals surface area (Å²) in [6.07, 6.45) is 10.4. The van der Waals surface area contributed by atoms with Crippen molar-refractivity contribution in [1.82, 2.24) is 14.8 Å². The van der Waals surface area contributed by atoms with Crippen LogP contribution in [0, 0.1) is 5.41 Å². The van der Waals surface area contributed by atoms with Gasteiger partial charge in [0.15, 0.2) is 0 Å². The van der Waals surface area contributed by atoms with Gasteiger partial charge in [0.2, 0.25) is 5.91 Å². The number of halogens is 3.